The van der Waals surface area contributed by atoms with Crippen LogP contribution < -0.4 is 15.1 Å². The van der Waals surface area contributed by atoms with Crippen LogP contribution in [-0.2, 0) is 0 Å². The zero-order valence-electron chi connectivity index (χ0n) is 17.1. The van der Waals surface area contributed by atoms with Crippen LogP contribution in [0.5, 0.6) is 0 Å². The number of pyridine rings is 3. The molecule has 3 aromatic rings. The van der Waals surface area contributed by atoms with Crippen molar-refractivity contribution in [2.45, 2.75) is 32.4 Å². The number of aryl methyl sites for hydroxylation is 1. The lowest BCUT2D eigenvalue weighted by molar-refractivity contribution is 0.241. The Morgan fingerprint density at radius 1 is 1.17 bits per heavy atom. The first kappa shape index (κ1) is 18.5. The maximum atomic E-state index is 13.4. The second-order valence-corrected chi connectivity index (χ2v) is 7.91. The Morgan fingerprint density at radius 2 is 2.07 bits per heavy atom. The van der Waals surface area contributed by atoms with E-state index in [4.69, 9.17) is 4.98 Å². The van der Waals surface area contributed by atoms with Gasteiger partial charge in [-0.1, -0.05) is 6.07 Å². The summed E-state index contributed by atoms with van der Waals surface area (Å²) in [6.45, 7) is 5.70. The van der Waals surface area contributed by atoms with Crippen LogP contribution in [0.25, 0.3) is 11.3 Å². The van der Waals surface area contributed by atoms with Crippen LogP contribution in [0, 0.1) is 6.92 Å². The van der Waals surface area contributed by atoms with Crippen molar-refractivity contribution in [1.82, 2.24) is 20.3 Å². The quantitative estimate of drug-likeness (QED) is 0.725. The molecule has 2 atom stereocenters. The summed E-state index contributed by atoms with van der Waals surface area (Å²) in [5.74, 6) is 0.724. The maximum absolute atomic E-state index is 13.4. The zero-order chi connectivity index (χ0) is 20.7. The summed E-state index contributed by atoms with van der Waals surface area (Å²) in [6.07, 6.45) is 4.47. The molecule has 2 amide bonds. The molecule has 5 heterocycles. The molecule has 0 radical (unpaired) electrons. The third-order valence-electron chi connectivity index (χ3n) is 5.83. The van der Waals surface area contributed by atoms with Crippen molar-refractivity contribution in [2.24, 2.45) is 0 Å². The molecule has 5 rings (SSSR count). The monoisotopic (exact) mass is 400 g/mol. The normalized spacial score (nSPS) is 18.1. The molecule has 152 valence electrons. The van der Waals surface area contributed by atoms with Gasteiger partial charge in [-0.3, -0.25) is 14.9 Å². The molecule has 1 N–H and O–H groups in total. The summed E-state index contributed by atoms with van der Waals surface area (Å²) in [5, 5.41) is 3.11. The van der Waals surface area contributed by atoms with Crippen LogP contribution in [0.2, 0.25) is 0 Å². The molecule has 1 fully saturated rings. The summed E-state index contributed by atoms with van der Waals surface area (Å²) in [4.78, 5) is 31.1. The van der Waals surface area contributed by atoms with Crippen molar-refractivity contribution in [3.8, 4) is 11.3 Å². The standard InChI is InChI=1S/C23H24N6O/c1-15-13-17(8-11-24-15)20-6-7-21-22(27-20)29(18-9-12-28(21)14-18)23(30)26-16(2)19-5-3-4-10-25-19/h3-8,10-11,13,16,18H,9,12,14H2,1-2H3,(H,26,30)/t16-,18?/m1/s1. The van der Waals surface area contributed by atoms with Crippen molar-refractivity contribution in [3.05, 3.63) is 66.2 Å². The molecule has 0 aliphatic carbocycles. The van der Waals surface area contributed by atoms with Crippen LogP contribution >= 0.6 is 0 Å². The lowest BCUT2D eigenvalue weighted by atomic mass is 10.1. The number of carbonyl (C=O) groups is 1. The summed E-state index contributed by atoms with van der Waals surface area (Å²) in [6, 6.07) is 13.6. The first-order chi connectivity index (χ1) is 14.6. The van der Waals surface area contributed by atoms with E-state index in [2.05, 4.69) is 26.3 Å². The largest absolute Gasteiger partial charge is 0.366 e. The van der Waals surface area contributed by atoms with E-state index in [9.17, 15) is 4.79 Å². The Morgan fingerprint density at radius 3 is 2.87 bits per heavy atom. The van der Waals surface area contributed by atoms with Gasteiger partial charge in [0.05, 0.1) is 29.2 Å². The number of hydrogen-bond acceptors (Lipinski definition) is 5. The fourth-order valence-corrected chi connectivity index (χ4v) is 4.30. The highest BCUT2D eigenvalue weighted by atomic mass is 16.2. The number of carbonyl (C=O) groups excluding carboxylic acids is 1. The number of nitrogens with zero attached hydrogens (tertiary/aromatic N) is 5. The molecule has 0 saturated carbocycles. The minimum Gasteiger partial charge on any atom is -0.366 e. The molecule has 1 saturated heterocycles. The first-order valence-corrected chi connectivity index (χ1v) is 10.3. The molecular formula is C23H24N6O. The molecule has 7 nitrogen and oxygen atoms in total. The van der Waals surface area contributed by atoms with E-state index < -0.39 is 0 Å². The third kappa shape index (κ3) is 3.26. The lowest BCUT2D eigenvalue weighted by Crippen LogP contribution is -2.51. The Kier molecular flexibility index (Phi) is 4.58. The van der Waals surface area contributed by atoms with Gasteiger partial charge >= 0.3 is 6.03 Å². The van der Waals surface area contributed by atoms with E-state index in [1.807, 2.05) is 55.1 Å². The molecule has 3 aromatic heterocycles. The fraction of sp³-hybridized carbons (Fsp3) is 0.304. The van der Waals surface area contributed by atoms with Crippen LogP contribution in [0.15, 0.2) is 54.9 Å². The lowest BCUT2D eigenvalue weighted by Gasteiger charge is -2.36. The molecule has 30 heavy (non-hydrogen) atoms. The fourth-order valence-electron chi connectivity index (χ4n) is 4.30. The Hall–Kier alpha value is -3.48. The van der Waals surface area contributed by atoms with Crippen LogP contribution in [0.3, 0.4) is 0 Å². The topological polar surface area (TPSA) is 74.2 Å². The van der Waals surface area contributed by atoms with Gasteiger partial charge in [0.15, 0.2) is 5.82 Å². The van der Waals surface area contributed by atoms with Gasteiger partial charge in [0, 0.05) is 36.7 Å². The van der Waals surface area contributed by atoms with Crippen molar-refractivity contribution >= 4 is 17.5 Å². The Bertz CT molecular complexity index is 1090. The van der Waals surface area contributed by atoms with E-state index in [0.717, 1.165) is 53.7 Å². The smallest absolute Gasteiger partial charge is 0.323 e. The highest BCUT2D eigenvalue weighted by molar-refractivity contribution is 5.97. The Labute approximate surface area is 175 Å². The number of fused-ring (bicyclic) bond motifs is 4. The van der Waals surface area contributed by atoms with Crippen molar-refractivity contribution in [3.63, 3.8) is 0 Å². The summed E-state index contributed by atoms with van der Waals surface area (Å²) >= 11 is 0. The highest BCUT2D eigenvalue weighted by Crippen LogP contribution is 2.40. The van der Waals surface area contributed by atoms with Gasteiger partial charge in [-0.15, -0.1) is 0 Å². The van der Waals surface area contributed by atoms with Gasteiger partial charge in [-0.05, 0) is 56.7 Å². The predicted octanol–water partition coefficient (Wildman–Crippen LogP) is 3.72. The van der Waals surface area contributed by atoms with Gasteiger partial charge < -0.3 is 10.2 Å². The predicted molar refractivity (Wildman–Crippen MR) is 116 cm³/mol. The van der Waals surface area contributed by atoms with Crippen LogP contribution in [0.4, 0.5) is 16.3 Å². The molecule has 2 bridgehead atoms. The van der Waals surface area contributed by atoms with E-state index in [-0.39, 0.29) is 18.1 Å². The minimum atomic E-state index is -0.187. The average Bonchev–Trinajstić information content (AvgIpc) is 3.18. The van der Waals surface area contributed by atoms with Gasteiger partial charge in [-0.2, -0.15) is 0 Å². The zero-order valence-corrected chi connectivity index (χ0v) is 17.1. The average molecular weight is 400 g/mol. The second kappa shape index (κ2) is 7.40. The number of anilines is 2. The highest BCUT2D eigenvalue weighted by Gasteiger charge is 2.40. The van der Waals surface area contributed by atoms with E-state index in [0.29, 0.717) is 0 Å². The molecule has 7 heteroatoms. The number of aromatic nitrogens is 3. The number of rotatable bonds is 3. The minimum absolute atomic E-state index is 0.121. The molecule has 2 aliphatic heterocycles. The maximum Gasteiger partial charge on any atom is 0.323 e. The van der Waals surface area contributed by atoms with Crippen molar-refractivity contribution in [1.29, 1.82) is 0 Å². The van der Waals surface area contributed by atoms with Gasteiger partial charge in [-0.25, -0.2) is 9.78 Å². The van der Waals surface area contributed by atoms with Crippen molar-refractivity contribution < 1.29 is 4.79 Å². The first-order valence-electron chi connectivity index (χ1n) is 10.3. The SMILES string of the molecule is Cc1cc(-c2ccc3c(n2)N(C(=O)N[C@H](C)c2ccccn2)C2CCN3C2)ccn1. The molecule has 2 aliphatic rings. The number of amides is 2. The van der Waals surface area contributed by atoms with E-state index in [1.165, 1.54) is 0 Å². The molecule has 0 aromatic carbocycles. The summed E-state index contributed by atoms with van der Waals surface area (Å²) in [5.41, 5.74) is 4.64. The third-order valence-corrected chi connectivity index (χ3v) is 5.83. The van der Waals surface area contributed by atoms with E-state index in [1.54, 1.807) is 12.4 Å². The van der Waals surface area contributed by atoms with Crippen LogP contribution in [0.1, 0.15) is 30.8 Å². The van der Waals surface area contributed by atoms with Gasteiger partial charge in [0.25, 0.3) is 0 Å². The number of nitrogens with one attached hydrogen (secondary N) is 1. The van der Waals surface area contributed by atoms with Gasteiger partial charge in [0.2, 0.25) is 0 Å². The Balaban J connectivity index is 1.49. The molecule has 0 spiro atoms. The number of urea groups is 1. The summed E-state index contributed by atoms with van der Waals surface area (Å²) in [7, 11) is 0. The van der Waals surface area contributed by atoms with Crippen molar-refractivity contribution in [2.75, 3.05) is 22.9 Å². The molecular weight excluding hydrogens is 376 g/mol. The summed E-state index contributed by atoms with van der Waals surface area (Å²) < 4.78 is 0. The number of hydrogen-bond donors (Lipinski definition) is 1. The molecule has 1 unspecified atom stereocenters. The second-order valence-electron chi connectivity index (χ2n) is 7.91. The van der Waals surface area contributed by atoms with E-state index >= 15 is 0 Å². The van der Waals surface area contributed by atoms with Crippen LogP contribution in [-0.4, -0.2) is 40.1 Å². The van der Waals surface area contributed by atoms with Gasteiger partial charge in [0.1, 0.15) is 0 Å².